The molecule has 1 N–H and O–H groups in total. The molecule has 142 valence electrons. The Morgan fingerprint density at radius 2 is 2.11 bits per heavy atom. The van der Waals surface area contributed by atoms with Crippen molar-refractivity contribution in [3.05, 3.63) is 53.4 Å². The SMILES string of the molecule is Cc1cnc(C(=O)N2C[C@@H]3OC(=O)N(CCCc4ccc(F)cc4)[C@@H]3C2)[nH]1. The summed E-state index contributed by atoms with van der Waals surface area (Å²) in [5, 5.41) is 0. The fourth-order valence-electron chi connectivity index (χ4n) is 3.70. The largest absolute Gasteiger partial charge is 0.442 e. The number of aromatic amines is 1. The molecule has 4 rings (SSSR count). The number of amides is 2. The summed E-state index contributed by atoms with van der Waals surface area (Å²) in [5.41, 5.74) is 1.85. The van der Waals surface area contributed by atoms with E-state index in [1.807, 2.05) is 6.92 Å². The minimum absolute atomic E-state index is 0.134. The van der Waals surface area contributed by atoms with Gasteiger partial charge in [0.1, 0.15) is 11.9 Å². The van der Waals surface area contributed by atoms with Crippen molar-refractivity contribution in [3.63, 3.8) is 0 Å². The van der Waals surface area contributed by atoms with Crippen LogP contribution in [0.1, 0.15) is 28.3 Å². The lowest BCUT2D eigenvalue weighted by Crippen LogP contribution is -2.40. The molecular formula is C19H21FN4O3. The second-order valence-electron chi connectivity index (χ2n) is 7.04. The van der Waals surface area contributed by atoms with Crippen molar-refractivity contribution in [1.82, 2.24) is 19.8 Å². The lowest BCUT2D eigenvalue weighted by atomic mass is 10.1. The molecule has 1 aromatic heterocycles. The summed E-state index contributed by atoms with van der Waals surface area (Å²) in [7, 11) is 0. The summed E-state index contributed by atoms with van der Waals surface area (Å²) < 4.78 is 18.4. The number of hydrogen-bond acceptors (Lipinski definition) is 4. The number of imidazole rings is 1. The molecule has 2 aliphatic rings. The lowest BCUT2D eigenvalue weighted by Gasteiger charge is -2.22. The van der Waals surface area contributed by atoms with Crippen LogP contribution in [0.15, 0.2) is 30.5 Å². The summed E-state index contributed by atoms with van der Waals surface area (Å²) in [4.78, 5) is 35.1. The third kappa shape index (κ3) is 3.51. The van der Waals surface area contributed by atoms with Crippen LogP contribution in [-0.4, -0.2) is 63.5 Å². The number of benzene rings is 1. The standard InChI is InChI=1S/C19H21FN4O3/c1-12-9-21-17(22-12)18(25)23-10-15-16(11-23)27-19(26)24(15)8-2-3-13-4-6-14(20)7-5-13/h4-7,9,15-16H,2-3,8,10-11H2,1H3,(H,21,22)/t15-,16+/m1/s1. The number of carbonyl (C=O) groups is 2. The van der Waals surface area contributed by atoms with Gasteiger partial charge in [0.15, 0.2) is 5.82 Å². The fraction of sp³-hybridized carbons (Fsp3) is 0.421. The molecule has 0 spiro atoms. The number of halogens is 1. The molecule has 2 amide bonds. The molecule has 0 unspecified atom stereocenters. The fourth-order valence-corrected chi connectivity index (χ4v) is 3.70. The van der Waals surface area contributed by atoms with Crippen LogP contribution in [-0.2, 0) is 11.2 Å². The minimum atomic E-state index is -0.329. The van der Waals surface area contributed by atoms with Crippen LogP contribution in [0.25, 0.3) is 0 Å². The third-order valence-electron chi connectivity index (χ3n) is 5.09. The van der Waals surface area contributed by atoms with Gasteiger partial charge < -0.3 is 14.6 Å². The Balaban J connectivity index is 1.35. The molecule has 1 aromatic carbocycles. The highest BCUT2D eigenvalue weighted by Gasteiger charge is 2.48. The molecule has 2 saturated heterocycles. The van der Waals surface area contributed by atoms with Gasteiger partial charge in [0, 0.05) is 25.0 Å². The molecule has 2 fully saturated rings. The molecule has 0 bridgehead atoms. The second-order valence-corrected chi connectivity index (χ2v) is 7.04. The Hall–Kier alpha value is -2.90. The number of carbonyl (C=O) groups excluding carboxylic acids is 2. The van der Waals surface area contributed by atoms with Crippen LogP contribution in [0.4, 0.5) is 9.18 Å². The Bertz CT molecular complexity index is 851. The number of aromatic nitrogens is 2. The van der Waals surface area contributed by atoms with Crippen molar-refractivity contribution >= 4 is 12.0 Å². The van der Waals surface area contributed by atoms with E-state index < -0.39 is 0 Å². The number of fused-ring (bicyclic) bond motifs is 1. The molecule has 8 heteroatoms. The van der Waals surface area contributed by atoms with E-state index >= 15 is 0 Å². The molecular weight excluding hydrogens is 351 g/mol. The molecule has 2 aromatic rings. The van der Waals surface area contributed by atoms with Crippen LogP contribution in [0.2, 0.25) is 0 Å². The Kier molecular flexibility index (Phi) is 4.55. The van der Waals surface area contributed by atoms with Crippen molar-refractivity contribution in [1.29, 1.82) is 0 Å². The van der Waals surface area contributed by atoms with Gasteiger partial charge in [0.05, 0.1) is 12.6 Å². The quantitative estimate of drug-likeness (QED) is 0.872. The van der Waals surface area contributed by atoms with Crippen LogP contribution >= 0.6 is 0 Å². The smallest absolute Gasteiger partial charge is 0.410 e. The first kappa shape index (κ1) is 17.5. The maximum absolute atomic E-state index is 13.0. The average Bonchev–Trinajstić information content (AvgIpc) is 3.32. The monoisotopic (exact) mass is 372 g/mol. The highest BCUT2D eigenvalue weighted by atomic mass is 19.1. The maximum atomic E-state index is 13.0. The Morgan fingerprint density at radius 3 is 2.81 bits per heavy atom. The van der Waals surface area contributed by atoms with Gasteiger partial charge in [-0.15, -0.1) is 0 Å². The van der Waals surface area contributed by atoms with Crippen LogP contribution in [0.3, 0.4) is 0 Å². The van der Waals surface area contributed by atoms with Crippen molar-refractivity contribution < 1.29 is 18.7 Å². The summed E-state index contributed by atoms with van der Waals surface area (Å²) in [6.07, 6.45) is 2.48. The summed E-state index contributed by atoms with van der Waals surface area (Å²) in [5.74, 6) is -0.131. The zero-order valence-corrected chi connectivity index (χ0v) is 15.0. The Labute approximate surface area is 156 Å². The van der Waals surface area contributed by atoms with Crippen LogP contribution in [0.5, 0.6) is 0 Å². The number of aryl methyl sites for hydroxylation is 2. The molecule has 3 heterocycles. The van der Waals surface area contributed by atoms with E-state index in [1.54, 1.807) is 28.1 Å². The van der Waals surface area contributed by atoms with E-state index in [0.29, 0.717) is 25.5 Å². The molecule has 0 radical (unpaired) electrons. The molecule has 2 aliphatic heterocycles. The van der Waals surface area contributed by atoms with E-state index in [0.717, 1.165) is 24.1 Å². The van der Waals surface area contributed by atoms with Crippen LogP contribution < -0.4 is 0 Å². The third-order valence-corrected chi connectivity index (χ3v) is 5.09. The number of hydrogen-bond donors (Lipinski definition) is 1. The Morgan fingerprint density at radius 1 is 1.33 bits per heavy atom. The van der Waals surface area contributed by atoms with Gasteiger partial charge in [-0.2, -0.15) is 0 Å². The number of nitrogens with one attached hydrogen (secondary N) is 1. The van der Waals surface area contributed by atoms with E-state index in [9.17, 15) is 14.0 Å². The molecule has 2 atom stereocenters. The van der Waals surface area contributed by atoms with Crippen molar-refractivity contribution in [2.75, 3.05) is 19.6 Å². The van der Waals surface area contributed by atoms with Gasteiger partial charge in [0.2, 0.25) is 0 Å². The van der Waals surface area contributed by atoms with Gasteiger partial charge >= 0.3 is 6.09 Å². The summed E-state index contributed by atoms with van der Waals surface area (Å²) >= 11 is 0. The number of rotatable bonds is 5. The van der Waals surface area contributed by atoms with Gasteiger partial charge in [0.25, 0.3) is 5.91 Å². The van der Waals surface area contributed by atoms with Crippen molar-refractivity contribution in [3.8, 4) is 0 Å². The maximum Gasteiger partial charge on any atom is 0.410 e. The summed E-state index contributed by atoms with van der Waals surface area (Å²) in [6, 6.07) is 6.24. The first-order valence-electron chi connectivity index (χ1n) is 9.04. The van der Waals surface area contributed by atoms with E-state index in [1.165, 1.54) is 12.1 Å². The number of H-pyrrole nitrogens is 1. The number of ether oxygens (including phenoxy) is 1. The summed E-state index contributed by atoms with van der Waals surface area (Å²) in [6.45, 7) is 3.20. The molecule has 0 aliphatic carbocycles. The van der Waals surface area contributed by atoms with Crippen molar-refractivity contribution in [2.24, 2.45) is 0 Å². The van der Waals surface area contributed by atoms with Gasteiger partial charge in [-0.25, -0.2) is 14.2 Å². The zero-order chi connectivity index (χ0) is 19.0. The van der Waals surface area contributed by atoms with E-state index in [2.05, 4.69) is 9.97 Å². The molecule has 7 nitrogen and oxygen atoms in total. The highest BCUT2D eigenvalue weighted by molar-refractivity contribution is 5.91. The van der Waals surface area contributed by atoms with E-state index in [4.69, 9.17) is 4.74 Å². The molecule has 27 heavy (non-hydrogen) atoms. The minimum Gasteiger partial charge on any atom is -0.442 e. The van der Waals surface area contributed by atoms with E-state index in [-0.39, 0.29) is 30.0 Å². The number of nitrogens with zero attached hydrogens (tertiary/aromatic N) is 3. The van der Waals surface area contributed by atoms with Crippen molar-refractivity contribution in [2.45, 2.75) is 31.9 Å². The van der Waals surface area contributed by atoms with Gasteiger partial charge in [-0.05, 0) is 37.5 Å². The van der Waals surface area contributed by atoms with Gasteiger partial charge in [-0.1, -0.05) is 12.1 Å². The van der Waals surface area contributed by atoms with Crippen LogP contribution in [0, 0.1) is 12.7 Å². The first-order valence-corrected chi connectivity index (χ1v) is 9.04. The second kappa shape index (κ2) is 7.02. The highest BCUT2D eigenvalue weighted by Crippen LogP contribution is 2.28. The number of likely N-dealkylation sites (tertiary alicyclic amines) is 1. The normalized spacial score (nSPS) is 21.5. The predicted octanol–water partition coefficient (Wildman–Crippen LogP) is 2.14. The molecule has 0 saturated carbocycles. The zero-order valence-electron chi connectivity index (χ0n) is 15.0. The predicted molar refractivity (Wildman–Crippen MR) is 94.7 cm³/mol. The average molecular weight is 372 g/mol. The topological polar surface area (TPSA) is 78.5 Å². The van der Waals surface area contributed by atoms with Gasteiger partial charge in [-0.3, -0.25) is 9.69 Å². The lowest BCUT2D eigenvalue weighted by molar-refractivity contribution is 0.0717. The first-order chi connectivity index (χ1) is 13.0.